The van der Waals surface area contributed by atoms with Gasteiger partial charge in [-0.05, 0) is 19.1 Å². The predicted octanol–water partition coefficient (Wildman–Crippen LogP) is 1.55. The molecule has 0 aliphatic carbocycles. The second-order valence-corrected chi connectivity index (χ2v) is 3.06. The predicted molar refractivity (Wildman–Crippen MR) is 55.5 cm³/mol. The Hall–Kier alpha value is -1.84. The average Bonchev–Trinajstić information content (AvgIpc) is 2.67. The van der Waals surface area contributed by atoms with Crippen molar-refractivity contribution in [2.45, 2.75) is 13.5 Å². The van der Waals surface area contributed by atoms with Gasteiger partial charge >= 0.3 is 0 Å². The van der Waals surface area contributed by atoms with Crippen LogP contribution < -0.4 is 5.73 Å². The second-order valence-electron chi connectivity index (χ2n) is 3.06. The molecule has 0 aromatic carbocycles. The molecule has 0 aliphatic heterocycles. The zero-order valence-electron chi connectivity index (χ0n) is 8.01. The molecule has 0 bridgehead atoms. The molecular formula is C10H12N4. The van der Waals surface area contributed by atoms with Crippen molar-refractivity contribution in [3.63, 3.8) is 0 Å². The van der Waals surface area contributed by atoms with E-state index in [1.807, 2.05) is 23.1 Å². The Labute approximate surface area is 82.4 Å². The highest BCUT2D eigenvalue weighted by atomic mass is 15.3. The van der Waals surface area contributed by atoms with Crippen LogP contribution in [0, 0.1) is 0 Å². The summed E-state index contributed by atoms with van der Waals surface area (Å²) in [6.07, 6.45) is 5.58. The van der Waals surface area contributed by atoms with Crippen molar-refractivity contribution in [1.82, 2.24) is 14.8 Å². The number of anilines is 1. The quantitative estimate of drug-likeness (QED) is 0.777. The van der Waals surface area contributed by atoms with Gasteiger partial charge in [0.2, 0.25) is 0 Å². The topological polar surface area (TPSA) is 56.7 Å². The first-order valence-electron chi connectivity index (χ1n) is 4.54. The van der Waals surface area contributed by atoms with Crippen molar-refractivity contribution in [3.05, 3.63) is 30.7 Å². The fourth-order valence-corrected chi connectivity index (χ4v) is 1.26. The highest BCUT2D eigenvalue weighted by Gasteiger charge is 2.00. The first kappa shape index (κ1) is 8.74. The van der Waals surface area contributed by atoms with Crippen molar-refractivity contribution in [2.24, 2.45) is 0 Å². The highest BCUT2D eigenvalue weighted by Crippen LogP contribution is 2.17. The van der Waals surface area contributed by atoms with E-state index in [0.29, 0.717) is 5.82 Å². The first-order valence-corrected chi connectivity index (χ1v) is 4.54. The summed E-state index contributed by atoms with van der Waals surface area (Å²) in [5, 5.41) is 4.19. The summed E-state index contributed by atoms with van der Waals surface area (Å²) in [6, 6.07) is 3.73. The molecule has 0 atom stereocenters. The Balaban J connectivity index is 2.34. The van der Waals surface area contributed by atoms with E-state index in [9.17, 15) is 0 Å². The number of hydrogen-bond acceptors (Lipinski definition) is 3. The number of nitrogens with two attached hydrogens (primary N) is 1. The van der Waals surface area contributed by atoms with Gasteiger partial charge in [0.1, 0.15) is 5.82 Å². The Morgan fingerprint density at radius 3 is 2.71 bits per heavy atom. The third kappa shape index (κ3) is 1.59. The van der Waals surface area contributed by atoms with Crippen LogP contribution in [0.1, 0.15) is 6.92 Å². The number of hydrogen-bond donors (Lipinski definition) is 1. The lowest BCUT2D eigenvalue weighted by molar-refractivity contribution is 0.660. The molecule has 0 unspecified atom stereocenters. The molecule has 4 heteroatoms. The first-order chi connectivity index (χ1) is 6.79. The van der Waals surface area contributed by atoms with Gasteiger partial charge in [-0.1, -0.05) is 0 Å². The minimum absolute atomic E-state index is 0.539. The summed E-state index contributed by atoms with van der Waals surface area (Å²) in [5.41, 5.74) is 7.61. The monoisotopic (exact) mass is 188 g/mol. The van der Waals surface area contributed by atoms with E-state index in [0.717, 1.165) is 17.7 Å². The molecular weight excluding hydrogens is 176 g/mol. The Morgan fingerprint density at radius 1 is 1.29 bits per heavy atom. The van der Waals surface area contributed by atoms with E-state index in [-0.39, 0.29) is 0 Å². The molecule has 0 saturated carbocycles. The SMILES string of the molecule is CCn1cc(-c2ccc(N)nc2)cn1. The maximum Gasteiger partial charge on any atom is 0.123 e. The summed E-state index contributed by atoms with van der Waals surface area (Å²) < 4.78 is 1.88. The number of rotatable bonds is 2. The van der Waals surface area contributed by atoms with Gasteiger partial charge in [-0.3, -0.25) is 4.68 Å². The fourth-order valence-electron chi connectivity index (χ4n) is 1.26. The Morgan fingerprint density at radius 2 is 2.14 bits per heavy atom. The number of nitrogen functional groups attached to an aromatic ring is 1. The lowest BCUT2D eigenvalue weighted by atomic mass is 10.2. The summed E-state index contributed by atoms with van der Waals surface area (Å²) in [6.45, 7) is 2.93. The Kier molecular flexibility index (Phi) is 2.18. The van der Waals surface area contributed by atoms with Gasteiger partial charge in [0, 0.05) is 30.1 Å². The summed E-state index contributed by atoms with van der Waals surface area (Å²) in [7, 11) is 0. The molecule has 2 aromatic rings. The normalized spacial score (nSPS) is 10.4. The molecule has 14 heavy (non-hydrogen) atoms. The van der Waals surface area contributed by atoms with Crippen LogP contribution in [0.25, 0.3) is 11.1 Å². The van der Waals surface area contributed by atoms with Crippen molar-refractivity contribution in [3.8, 4) is 11.1 Å². The third-order valence-electron chi connectivity index (χ3n) is 2.08. The van der Waals surface area contributed by atoms with Crippen LogP contribution in [0.3, 0.4) is 0 Å². The van der Waals surface area contributed by atoms with Gasteiger partial charge in [0.15, 0.2) is 0 Å². The lowest BCUT2D eigenvalue weighted by Crippen LogP contribution is -1.92. The van der Waals surface area contributed by atoms with E-state index in [4.69, 9.17) is 5.73 Å². The minimum atomic E-state index is 0.539. The van der Waals surface area contributed by atoms with Gasteiger partial charge < -0.3 is 5.73 Å². The van der Waals surface area contributed by atoms with Gasteiger partial charge in [0.05, 0.1) is 6.20 Å². The summed E-state index contributed by atoms with van der Waals surface area (Å²) in [5.74, 6) is 0.539. The standard InChI is InChI=1S/C10H12N4/c1-2-14-7-9(6-13-14)8-3-4-10(11)12-5-8/h3-7H,2H2,1H3,(H2,11,12). The number of aryl methyl sites for hydroxylation is 1. The van der Waals surface area contributed by atoms with Crippen molar-refractivity contribution < 1.29 is 0 Å². The number of pyridine rings is 1. The molecule has 0 spiro atoms. The second kappa shape index (κ2) is 3.49. The van der Waals surface area contributed by atoms with Crippen LogP contribution in [0.4, 0.5) is 5.82 Å². The molecule has 2 aromatic heterocycles. The molecule has 72 valence electrons. The van der Waals surface area contributed by atoms with Crippen LogP contribution >= 0.6 is 0 Å². The lowest BCUT2D eigenvalue weighted by Gasteiger charge is -1.96. The van der Waals surface area contributed by atoms with E-state index >= 15 is 0 Å². The number of aromatic nitrogens is 3. The van der Waals surface area contributed by atoms with Crippen LogP contribution in [0.5, 0.6) is 0 Å². The van der Waals surface area contributed by atoms with Crippen LogP contribution in [0.2, 0.25) is 0 Å². The molecule has 4 nitrogen and oxygen atoms in total. The van der Waals surface area contributed by atoms with Crippen molar-refractivity contribution in [1.29, 1.82) is 0 Å². The fraction of sp³-hybridized carbons (Fsp3) is 0.200. The van der Waals surface area contributed by atoms with Gasteiger partial charge in [0.25, 0.3) is 0 Å². The zero-order valence-corrected chi connectivity index (χ0v) is 8.01. The van der Waals surface area contributed by atoms with Gasteiger partial charge in [-0.2, -0.15) is 5.10 Å². The smallest absolute Gasteiger partial charge is 0.123 e. The summed E-state index contributed by atoms with van der Waals surface area (Å²) in [4.78, 5) is 4.03. The molecule has 0 radical (unpaired) electrons. The molecule has 0 fully saturated rings. The maximum absolute atomic E-state index is 5.50. The van der Waals surface area contributed by atoms with E-state index in [1.54, 1.807) is 12.3 Å². The highest BCUT2D eigenvalue weighted by molar-refractivity contribution is 5.61. The van der Waals surface area contributed by atoms with Gasteiger partial charge in [-0.25, -0.2) is 4.98 Å². The summed E-state index contributed by atoms with van der Waals surface area (Å²) >= 11 is 0. The molecule has 0 saturated heterocycles. The Bertz CT molecular complexity index is 416. The van der Waals surface area contributed by atoms with E-state index in [2.05, 4.69) is 17.0 Å². The zero-order chi connectivity index (χ0) is 9.97. The largest absolute Gasteiger partial charge is 0.384 e. The number of nitrogens with zero attached hydrogens (tertiary/aromatic N) is 3. The van der Waals surface area contributed by atoms with E-state index in [1.165, 1.54) is 0 Å². The molecule has 0 aliphatic rings. The molecule has 0 amide bonds. The maximum atomic E-state index is 5.50. The molecule has 2 heterocycles. The van der Waals surface area contributed by atoms with Gasteiger partial charge in [-0.15, -0.1) is 0 Å². The van der Waals surface area contributed by atoms with Crippen molar-refractivity contribution >= 4 is 5.82 Å². The minimum Gasteiger partial charge on any atom is -0.384 e. The van der Waals surface area contributed by atoms with Crippen LogP contribution in [-0.4, -0.2) is 14.8 Å². The molecule has 2 rings (SSSR count). The van der Waals surface area contributed by atoms with E-state index < -0.39 is 0 Å². The molecule has 2 N–H and O–H groups in total. The third-order valence-corrected chi connectivity index (χ3v) is 2.08. The average molecular weight is 188 g/mol. The van der Waals surface area contributed by atoms with Crippen LogP contribution in [-0.2, 0) is 6.54 Å². The van der Waals surface area contributed by atoms with Crippen molar-refractivity contribution in [2.75, 3.05) is 5.73 Å². The van der Waals surface area contributed by atoms with Crippen LogP contribution in [0.15, 0.2) is 30.7 Å².